The molecule has 1 aromatic rings. The summed E-state index contributed by atoms with van der Waals surface area (Å²) in [4.78, 5) is 12.1. The minimum absolute atomic E-state index is 0.101. The third-order valence-corrected chi connectivity index (χ3v) is 3.03. The Kier molecular flexibility index (Phi) is 3.64. The van der Waals surface area contributed by atoms with E-state index in [1.165, 1.54) is 0 Å². The zero-order valence-electron chi connectivity index (χ0n) is 10.0. The van der Waals surface area contributed by atoms with Gasteiger partial charge in [0.15, 0.2) is 0 Å². The normalized spacial score (nSPS) is 19.9. The van der Waals surface area contributed by atoms with E-state index < -0.39 is 0 Å². The van der Waals surface area contributed by atoms with E-state index in [4.69, 9.17) is 10.5 Å². The Hall–Kier alpha value is -1.55. The molecule has 17 heavy (non-hydrogen) atoms. The Labute approximate surface area is 101 Å². The first kappa shape index (κ1) is 11.9. The van der Waals surface area contributed by atoms with Crippen LogP contribution in [0, 0.1) is 6.92 Å². The summed E-state index contributed by atoms with van der Waals surface area (Å²) in [5.41, 5.74) is 7.85. The van der Waals surface area contributed by atoms with Crippen molar-refractivity contribution < 1.29 is 9.53 Å². The molecule has 1 heterocycles. The van der Waals surface area contributed by atoms with Crippen LogP contribution in [0.4, 0.5) is 5.69 Å². The van der Waals surface area contributed by atoms with Gasteiger partial charge in [-0.3, -0.25) is 4.79 Å². The summed E-state index contributed by atoms with van der Waals surface area (Å²) in [6.45, 7) is 3.28. The average molecular weight is 234 g/mol. The van der Waals surface area contributed by atoms with Gasteiger partial charge in [-0.25, -0.2) is 0 Å². The number of nitrogens with one attached hydrogen (secondary N) is 1. The molecule has 1 aromatic carbocycles. The number of carbonyl (C=O) groups is 1. The molecule has 0 radical (unpaired) electrons. The van der Waals surface area contributed by atoms with E-state index in [-0.39, 0.29) is 11.9 Å². The van der Waals surface area contributed by atoms with Crippen LogP contribution in [0.2, 0.25) is 0 Å². The second-order valence-electron chi connectivity index (χ2n) is 4.43. The molecule has 0 aromatic heterocycles. The second kappa shape index (κ2) is 5.19. The second-order valence-corrected chi connectivity index (χ2v) is 4.43. The number of hydrogen-bond donors (Lipinski definition) is 2. The summed E-state index contributed by atoms with van der Waals surface area (Å²) in [6.07, 6.45) is 1.96. The summed E-state index contributed by atoms with van der Waals surface area (Å²) in [5.74, 6) is -0.101. The number of anilines is 1. The average Bonchev–Trinajstić information content (AvgIpc) is 2.30. The Balaban J connectivity index is 2.08. The zero-order valence-corrected chi connectivity index (χ0v) is 10.0. The molecular weight excluding hydrogens is 216 g/mol. The van der Waals surface area contributed by atoms with Gasteiger partial charge < -0.3 is 15.8 Å². The van der Waals surface area contributed by atoms with E-state index in [9.17, 15) is 4.79 Å². The molecule has 3 N–H and O–H groups in total. The molecule has 92 valence electrons. The molecule has 0 aliphatic carbocycles. The van der Waals surface area contributed by atoms with Gasteiger partial charge in [-0.1, -0.05) is 12.1 Å². The number of carbonyl (C=O) groups excluding carboxylic acids is 1. The molecule has 0 spiro atoms. The molecule has 1 fully saturated rings. The van der Waals surface area contributed by atoms with Gasteiger partial charge in [-0.2, -0.15) is 0 Å². The Bertz CT molecular complexity index is 392. The molecule has 0 bridgehead atoms. The molecule has 0 saturated carbocycles. The van der Waals surface area contributed by atoms with E-state index >= 15 is 0 Å². The van der Waals surface area contributed by atoms with Crippen molar-refractivity contribution in [3.8, 4) is 0 Å². The van der Waals surface area contributed by atoms with E-state index in [0.717, 1.165) is 25.0 Å². The highest BCUT2D eigenvalue weighted by Gasteiger charge is 2.19. The number of rotatable bonds is 2. The molecule has 2 rings (SSSR count). The predicted molar refractivity (Wildman–Crippen MR) is 66.9 cm³/mol. The van der Waals surface area contributed by atoms with Gasteiger partial charge in [-0.05, 0) is 31.4 Å². The van der Waals surface area contributed by atoms with E-state index in [2.05, 4.69) is 5.32 Å². The third-order valence-electron chi connectivity index (χ3n) is 3.03. The summed E-state index contributed by atoms with van der Waals surface area (Å²) < 4.78 is 5.33. The summed E-state index contributed by atoms with van der Waals surface area (Å²) in [7, 11) is 0. The Morgan fingerprint density at radius 1 is 1.53 bits per heavy atom. The largest absolute Gasteiger partial charge is 0.398 e. The fourth-order valence-electron chi connectivity index (χ4n) is 2.11. The third kappa shape index (κ3) is 2.77. The number of amides is 1. The van der Waals surface area contributed by atoms with Crippen LogP contribution in [0.3, 0.4) is 0 Å². The van der Waals surface area contributed by atoms with E-state index in [0.29, 0.717) is 17.9 Å². The Morgan fingerprint density at radius 3 is 3.00 bits per heavy atom. The quantitative estimate of drug-likeness (QED) is 0.762. The van der Waals surface area contributed by atoms with Crippen molar-refractivity contribution in [3.63, 3.8) is 0 Å². The molecule has 4 heteroatoms. The number of ether oxygens (including phenoxy) is 1. The number of nitrogens with two attached hydrogens (primary N) is 1. The van der Waals surface area contributed by atoms with Crippen molar-refractivity contribution in [2.45, 2.75) is 25.8 Å². The minimum atomic E-state index is -0.101. The standard InChI is InChI=1S/C13H18N2O2/c1-9-4-2-6-11(14)12(9)13(16)15-10-5-3-7-17-8-10/h2,4,6,10H,3,5,7-8,14H2,1H3,(H,15,16). The Morgan fingerprint density at radius 2 is 2.35 bits per heavy atom. The fraction of sp³-hybridized carbons (Fsp3) is 0.462. The number of nitrogen functional groups attached to an aromatic ring is 1. The molecular formula is C13H18N2O2. The van der Waals surface area contributed by atoms with Gasteiger partial charge in [0, 0.05) is 12.3 Å². The lowest BCUT2D eigenvalue weighted by atomic mass is 10.0. The van der Waals surface area contributed by atoms with Crippen LogP contribution >= 0.6 is 0 Å². The van der Waals surface area contributed by atoms with Gasteiger partial charge >= 0.3 is 0 Å². The van der Waals surface area contributed by atoms with E-state index in [1.807, 2.05) is 19.1 Å². The maximum absolute atomic E-state index is 12.1. The van der Waals surface area contributed by atoms with Crippen LogP contribution in [0.25, 0.3) is 0 Å². The minimum Gasteiger partial charge on any atom is -0.398 e. The monoisotopic (exact) mass is 234 g/mol. The summed E-state index contributed by atoms with van der Waals surface area (Å²) >= 11 is 0. The lowest BCUT2D eigenvalue weighted by Crippen LogP contribution is -2.41. The van der Waals surface area contributed by atoms with Crippen molar-refractivity contribution in [1.29, 1.82) is 0 Å². The summed E-state index contributed by atoms with van der Waals surface area (Å²) in [5, 5.41) is 2.97. The van der Waals surface area contributed by atoms with Crippen LogP contribution in [-0.4, -0.2) is 25.2 Å². The first-order chi connectivity index (χ1) is 8.18. The van der Waals surface area contributed by atoms with Gasteiger partial charge in [0.25, 0.3) is 5.91 Å². The lowest BCUT2D eigenvalue weighted by molar-refractivity contribution is 0.0624. The van der Waals surface area contributed by atoms with Crippen LogP contribution in [-0.2, 0) is 4.74 Å². The van der Waals surface area contributed by atoms with Crippen LogP contribution in [0.1, 0.15) is 28.8 Å². The maximum atomic E-state index is 12.1. The molecule has 1 saturated heterocycles. The first-order valence-corrected chi connectivity index (χ1v) is 5.92. The first-order valence-electron chi connectivity index (χ1n) is 5.92. The van der Waals surface area contributed by atoms with Gasteiger partial charge in [0.2, 0.25) is 0 Å². The van der Waals surface area contributed by atoms with Crippen molar-refractivity contribution >= 4 is 11.6 Å². The molecule has 1 atom stereocenters. The highest BCUT2D eigenvalue weighted by molar-refractivity contribution is 6.00. The van der Waals surface area contributed by atoms with Crippen molar-refractivity contribution in [2.75, 3.05) is 18.9 Å². The number of benzene rings is 1. The molecule has 1 unspecified atom stereocenters. The fourth-order valence-corrected chi connectivity index (χ4v) is 2.11. The molecule has 4 nitrogen and oxygen atoms in total. The smallest absolute Gasteiger partial charge is 0.253 e. The van der Waals surface area contributed by atoms with Gasteiger partial charge in [0.1, 0.15) is 0 Å². The number of hydrogen-bond acceptors (Lipinski definition) is 3. The maximum Gasteiger partial charge on any atom is 0.253 e. The van der Waals surface area contributed by atoms with Crippen LogP contribution in [0.5, 0.6) is 0 Å². The predicted octanol–water partition coefficient (Wildman–Crippen LogP) is 1.49. The van der Waals surface area contributed by atoms with Crippen LogP contribution in [0.15, 0.2) is 18.2 Å². The topological polar surface area (TPSA) is 64.4 Å². The number of aryl methyl sites for hydroxylation is 1. The van der Waals surface area contributed by atoms with Gasteiger partial charge in [0.05, 0.1) is 18.2 Å². The SMILES string of the molecule is Cc1cccc(N)c1C(=O)NC1CCCOC1. The molecule has 1 amide bonds. The highest BCUT2D eigenvalue weighted by Crippen LogP contribution is 2.17. The van der Waals surface area contributed by atoms with Crippen molar-refractivity contribution in [1.82, 2.24) is 5.32 Å². The molecule has 1 aliphatic heterocycles. The van der Waals surface area contributed by atoms with Crippen molar-refractivity contribution in [3.05, 3.63) is 29.3 Å². The lowest BCUT2D eigenvalue weighted by Gasteiger charge is -2.23. The summed E-state index contributed by atoms with van der Waals surface area (Å²) in [6, 6.07) is 5.60. The molecule has 1 aliphatic rings. The van der Waals surface area contributed by atoms with Crippen molar-refractivity contribution in [2.24, 2.45) is 0 Å². The highest BCUT2D eigenvalue weighted by atomic mass is 16.5. The van der Waals surface area contributed by atoms with Crippen LogP contribution < -0.4 is 11.1 Å². The van der Waals surface area contributed by atoms with E-state index in [1.54, 1.807) is 6.07 Å². The van der Waals surface area contributed by atoms with Gasteiger partial charge in [-0.15, -0.1) is 0 Å². The zero-order chi connectivity index (χ0) is 12.3.